The smallest absolute Gasteiger partial charge is 0.284 e. The molecule has 0 bridgehead atoms. The van der Waals surface area contributed by atoms with E-state index in [-0.39, 0.29) is 12.1 Å². The summed E-state index contributed by atoms with van der Waals surface area (Å²) in [5.41, 5.74) is 1.64. The summed E-state index contributed by atoms with van der Waals surface area (Å²) in [7, 11) is 0. The molecule has 0 aromatic heterocycles. The van der Waals surface area contributed by atoms with Gasteiger partial charge in [-0.3, -0.25) is 9.63 Å². The van der Waals surface area contributed by atoms with E-state index in [4.69, 9.17) is 9.57 Å². The number of hydrogen-bond acceptors (Lipinski definition) is 3. The zero-order valence-electron chi connectivity index (χ0n) is 9.10. The number of fused-ring (bicyclic) bond motifs is 2. The van der Waals surface area contributed by atoms with Gasteiger partial charge in [0.05, 0.1) is 12.2 Å². The van der Waals surface area contributed by atoms with E-state index in [9.17, 15) is 4.79 Å². The Morgan fingerprint density at radius 3 is 3.19 bits per heavy atom. The fourth-order valence-corrected chi connectivity index (χ4v) is 2.10. The lowest BCUT2D eigenvalue weighted by Crippen LogP contribution is -2.49. The van der Waals surface area contributed by atoms with Crippen LogP contribution in [-0.2, 0) is 4.84 Å². The number of amides is 1. The first-order chi connectivity index (χ1) is 7.75. The van der Waals surface area contributed by atoms with Crippen molar-refractivity contribution in [2.75, 3.05) is 6.61 Å². The lowest BCUT2D eigenvalue weighted by molar-refractivity contribution is -0.224. The number of benzene rings is 1. The van der Waals surface area contributed by atoms with E-state index < -0.39 is 0 Å². The molecule has 3 rings (SSSR count). The number of aryl methyl sites for hydroxylation is 1. The van der Waals surface area contributed by atoms with Crippen LogP contribution in [-0.4, -0.2) is 23.8 Å². The summed E-state index contributed by atoms with van der Waals surface area (Å²) in [4.78, 5) is 17.5. The standard InChI is InChI=1S/C12H13NO3/c1-8-4-5-10-9(7-8)12(14)13-11(16-10)3-2-6-15-13/h4-5,7,11H,2-3,6H2,1H3. The van der Waals surface area contributed by atoms with E-state index in [1.54, 1.807) is 0 Å². The summed E-state index contributed by atoms with van der Waals surface area (Å²) < 4.78 is 5.74. The van der Waals surface area contributed by atoms with Gasteiger partial charge in [-0.2, -0.15) is 5.06 Å². The Morgan fingerprint density at radius 1 is 1.44 bits per heavy atom. The van der Waals surface area contributed by atoms with Gasteiger partial charge in [-0.1, -0.05) is 11.6 Å². The summed E-state index contributed by atoms with van der Waals surface area (Å²) in [5.74, 6) is 0.581. The van der Waals surface area contributed by atoms with Crippen molar-refractivity contribution in [3.8, 4) is 5.75 Å². The summed E-state index contributed by atoms with van der Waals surface area (Å²) in [6.07, 6.45) is 1.51. The van der Waals surface area contributed by atoms with Gasteiger partial charge in [-0.15, -0.1) is 0 Å². The van der Waals surface area contributed by atoms with Crippen molar-refractivity contribution in [3.63, 3.8) is 0 Å². The van der Waals surface area contributed by atoms with Crippen LogP contribution in [0.4, 0.5) is 0 Å². The van der Waals surface area contributed by atoms with E-state index in [0.717, 1.165) is 18.4 Å². The maximum absolute atomic E-state index is 12.1. The van der Waals surface area contributed by atoms with Gasteiger partial charge >= 0.3 is 0 Å². The third-order valence-electron chi connectivity index (χ3n) is 2.92. The van der Waals surface area contributed by atoms with Crippen molar-refractivity contribution < 1.29 is 14.4 Å². The molecule has 16 heavy (non-hydrogen) atoms. The molecule has 1 fully saturated rings. The molecule has 0 aliphatic carbocycles. The minimum atomic E-state index is -0.253. The molecule has 2 aliphatic rings. The highest BCUT2D eigenvalue weighted by Gasteiger charge is 2.36. The largest absolute Gasteiger partial charge is 0.467 e. The molecule has 0 saturated carbocycles. The van der Waals surface area contributed by atoms with E-state index in [0.29, 0.717) is 17.9 Å². The minimum Gasteiger partial charge on any atom is -0.467 e. The topological polar surface area (TPSA) is 38.8 Å². The Labute approximate surface area is 93.7 Å². The van der Waals surface area contributed by atoms with Crippen LogP contribution in [0.25, 0.3) is 0 Å². The van der Waals surface area contributed by atoms with E-state index in [1.807, 2.05) is 25.1 Å². The van der Waals surface area contributed by atoms with Gasteiger partial charge in [-0.25, -0.2) is 0 Å². The summed E-state index contributed by atoms with van der Waals surface area (Å²) in [6.45, 7) is 2.55. The lowest BCUT2D eigenvalue weighted by Gasteiger charge is -2.38. The van der Waals surface area contributed by atoms with Crippen molar-refractivity contribution >= 4 is 5.91 Å². The predicted molar refractivity (Wildman–Crippen MR) is 57.0 cm³/mol. The van der Waals surface area contributed by atoms with Crippen molar-refractivity contribution in [1.29, 1.82) is 0 Å². The molecule has 1 saturated heterocycles. The second-order valence-electron chi connectivity index (χ2n) is 4.18. The molecule has 0 N–H and O–H groups in total. The summed E-state index contributed by atoms with van der Waals surface area (Å²) >= 11 is 0. The number of carbonyl (C=O) groups is 1. The highest BCUT2D eigenvalue weighted by atomic mass is 16.7. The van der Waals surface area contributed by atoms with Crippen LogP contribution in [0.3, 0.4) is 0 Å². The molecule has 1 aromatic rings. The van der Waals surface area contributed by atoms with Crippen LogP contribution in [0, 0.1) is 6.92 Å². The first-order valence-corrected chi connectivity index (χ1v) is 5.49. The fourth-order valence-electron chi connectivity index (χ4n) is 2.10. The fraction of sp³-hybridized carbons (Fsp3) is 0.417. The first-order valence-electron chi connectivity index (χ1n) is 5.49. The Bertz CT molecular complexity index is 444. The van der Waals surface area contributed by atoms with Crippen LogP contribution >= 0.6 is 0 Å². The monoisotopic (exact) mass is 219 g/mol. The minimum absolute atomic E-state index is 0.0883. The van der Waals surface area contributed by atoms with Crippen LogP contribution in [0.5, 0.6) is 5.75 Å². The highest BCUT2D eigenvalue weighted by Crippen LogP contribution is 2.32. The van der Waals surface area contributed by atoms with Crippen molar-refractivity contribution in [2.24, 2.45) is 0 Å². The van der Waals surface area contributed by atoms with Gasteiger partial charge in [0.1, 0.15) is 5.75 Å². The Balaban J connectivity index is 2.03. The van der Waals surface area contributed by atoms with Gasteiger partial charge in [0.2, 0.25) is 0 Å². The van der Waals surface area contributed by atoms with E-state index >= 15 is 0 Å². The van der Waals surface area contributed by atoms with Crippen molar-refractivity contribution in [1.82, 2.24) is 5.06 Å². The molecule has 1 unspecified atom stereocenters. The van der Waals surface area contributed by atoms with Crippen molar-refractivity contribution in [2.45, 2.75) is 26.0 Å². The van der Waals surface area contributed by atoms with Crippen LogP contribution in [0.2, 0.25) is 0 Å². The number of nitrogens with zero attached hydrogens (tertiary/aromatic N) is 1. The van der Waals surface area contributed by atoms with E-state index in [2.05, 4.69) is 0 Å². The second kappa shape index (κ2) is 3.49. The predicted octanol–water partition coefficient (Wildman–Crippen LogP) is 1.88. The molecule has 0 radical (unpaired) electrons. The Morgan fingerprint density at radius 2 is 2.31 bits per heavy atom. The molecule has 2 aliphatic heterocycles. The average molecular weight is 219 g/mol. The Hall–Kier alpha value is -1.55. The van der Waals surface area contributed by atoms with Gasteiger partial charge in [0, 0.05) is 6.42 Å². The van der Waals surface area contributed by atoms with Gasteiger partial charge in [-0.05, 0) is 25.5 Å². The lowest BCUT2D eigenvalue weighted by atomic mass is 10.1. The number of ether oxygens (including phenoxy) is 1. The molecule has 1 amide bonds. The molecule has 4 nitrogen and oxygen atoms in total. The molecule has 0 spiro atoms. The third kappa shape index (κ3) is 1.38. The Kier molecular flexibility index (Phi) is 2.11. The number of carbonyl (C=O) groups excluding carboxylic acids is 1. The zero-order chi connectivity index (χ0) is 11.1. The quantitative estimate of drug-likeness (QED) is 0.668. The van der Waals surface area contributed by atoms with Crippen molar-refractivity contribution in [3.05, 3.63) is 29.3 Å². The summed E-state index contributed by atoms with van der Waals surface area (Å²) in [5, 5.41) is 1.37. The van der Waals surface area contributed by atoms with Gasteiger partial charge < -0.3 is 4.74 Å². The van der Waals surface area contributed by atoms with Gasteiger partial charge in [0.25, 0.3) is 5.91 Å². The molecule has 84 valence electrons. The maximum atomic E-state index is 12.1. The average Bonchev–Trinajstić information content (AvgIpc) is 2.31. The number of hydrogen-bond donors (Lipinski definition) is 0. The molecular weight excluding hydrogens is 206 g/mol. The van der Waals surface area contributed by atoms with Gasteiger partial charge in [0.15, 0.2) is 6.23 Å². The van der Waals surface area contributed by atoms with E-state index in [1.165, 1.54) is 5.06 Å². The normalized spacial score (nSPS) is 23.4. The molecule has 1 aromatic carbocycles. The number of hydroxylamine groups is 2. The molecular formula is C12H13NO3. The maximum Gasteiger partial charge on any atom is 0.284 e. The SMILES string of the molecule is Cc1ccc2c(c1)C(=O)N1OCCCC1O2. The molecule has 1 atom stereocenters. The first kappa shape index (κ1) is 9.66. The second-order valence-corrected chi connectivity index (χ2v) is 4.18. The third-order valence-corrected chi connectivity index (χ3v) is 2.92. The van der Waals surface area contributed by atoms with Crippen LogP contribution in [0.1, 0.15) is 28.8 Å². The van der Waals surface area contributed by atoms with Crippen LogP contribution < -0.4 is 4.74 Å². The number of rotatable bonds is 0. The summed E-state index contributed by atoms with van der Waals surface area (Å²) in [6, 6.07) is 5.64. The molecule has 4 heteroatoms. The zero-order valence-corrected chi connectivity index (χ0v) is 9.10. The molecule has 2 heterocycles. The van der Waals surface area contributed by atoms with Crippen LogP contribution in [0.15, 0.2) is 18.2 Å². The highest BCUT2D eigenvalue weighted by molar-refractivity contribution is 5.97.